The predicted octanol–water partition coefficient (Wildman–Crippen LogP) is 11.5. The number of hydrogen-bond donors (Lipinski definition) is 0. The lowest BCUT2D eigenvalue weighted by molar-refractivity contribution is 0.794. The molecule has 0 aliphatic heterocycles. The van der Waals surface area contributed by atoms with E-state index in [1.54, 1.807) is 0 Å². The van der Waals surface area contributed by atoms with Crippen LogP contribution in [0.4, 0.5) is 0 Å². The minimum Gasteiger partial charge on any atom is -0.208 e. The summed E-state index contributed by atoms with van der Waals surface area (Å²) in [5.41, 5.74) is 12.8. The molecule has 0 N–H and O–H groups in total. The normalized spacial score (nSPS) is 13.3. The Morgan fingerprint density at radius 2 is 0.627 bits per heavy atom. The zero-order chi connectivity index (χ0) is 33.5. The fraction of sp³-hybridized carbons (Fsp3) is 0.0208. The molecule has 0 saturated heterocycles. The van der Waals surface area contributed by atoms with Gasteiger partial charge in [0.2, 0.25) is 0 Å². The maximum atomic E-state index is 5.22. The average molecular weight is 648 g/mol. The van der Waals surface area contributed by atoms with Gasteiger partial charge in [0, 0.05) is 16.7 Å². The Hall–Kier alpha value is -6.71. The second-order valence-electron chi connectivity index (χ2n) is 13.6. The first kappa shape index (κ1) is 28.2. The van der Waals surface area contributed by atoms with Crippen molar-refractivity contribution in [2.75, 3.05) is 0 Å². The van der Waals surface area contributed by atoms with Crippen LogP contribution in [0.3, 0.4) is 0 Å². The van der Waals surface area contributed by atoms with Crippen LogP contribution in [0.2, 0.25) is 0 Å². The number of aromatic nitrogens is 3. The first-order valence-electron chi connectivity index (χ1n) is 17.4. The van der Waals surface area contributed by atoms with Crippen LogP contribution in [0.5, 0.6) is 0 Å². The van der Waals surface area contributed by atoms with Crippen LogP contribution in [0.15, 0.2) is 176 Å². The highest BCUT2D eigenvalue weighted by atomic mass is 15.0. The van der Waals surface area contributed by atoms with Crippen LogP contribution in [-0.4, -0.2) is 15.0 Å². The highest BCUT2D eigenvalue weighted by molar-refractivity contribution is 5.96. The molecule has 3 nitrogen and oxygen atoms in total. The standard InChI is InChI=1S/C48H29N3/c1-3-13-32-27-34(23-21-30(32)11-1)45-49-46(35-24-22-31-12-2-4-14-33(31)28-35)51-47(50-45)36-25-26-40-39-17-7-10-20-43(39)48(44(40)29-36)41-18-8-5-15-37(41)38-16-6-9-19-42(38)48/h1-29H. The second kappa shape index (κ2) is 10.6. The Kier molecular flexibility index (Phi) is 5.88. The fourth-order valence-electron chi connectivity index (χ4n) is 8.65. The van der Waals surface area contributed by atoms with Crippen LogP contribution in [-0.2, 0) is 5.41 Å². The van der Waals surface area contributed by atoms with Crippen molar-refractivity contribution in [3.05, 3.63) is 198 Å². The van der Waals surface area contributed by atoms with Gasteiger partial charge in [-0.3, -0.25) is 0 Å². The van der Waals surface area contributed by atoms with Crippen LogP contribution < -0.4 is 0 Å². The maximum Gasteiger partial charge on any atom is 0.164 e. The molecule has 1 spiro atoms. The molecule has 0 atom stereocenters. The molecule has 1 heterocycles. The molecule has 11 rings (SSSR count). The molecule has 1 aromatic heterocycles. The van der Waals surface area contributed by atoms with Crippen molar-refractivity contribution in [2.24, 2.45) is 0 Å². The van der Waals surface area contributed by atoms with Crippen molar-refractivity contribution in [1.82, 2.24) is 15.0 Å². The van der Waals surface area contributed by atoms with E-state index >= 15 is 0 Å². The molecule has 9 aromatic rings. The summed E-state index contributed by atoms with van der Waals surface area (Å²) < 4.78 is 0. The number of fused-ring (bicyclic) bond motifs is 12. The van der Waals surface area contributed by atoms with Gasteiger partial charge in [0.15, 0.2) is 17.5 Å². The maximum absolute atomic E-state index is 5.22. The Labute approximate surface area is 295 Å². The van der Waals surface area contributed by atoms with E-state index in [1.165, 1.54) is 55.3 Å². The van der Waals surface area contributed by atoms with Crippen LogP contribution in [0, 0.1) is 0 Å². The molecule has 8 aromatic carbocycles. The monoisotopic (exact) mass is 647 g/mol. The van der Waals surface area contributed by atoms with Gasteiger partial charge in [-0.15, -0.1) is 0 Å². The summed E-state index contributed by atoms with van der Waals surface area (Å²) in [5.74, 6) is 1.97. The molecular weight excluding hydrogens is 619 g/mol. The smallest absolute Gasteiger partial charge is 0.164 e. The van der Waals surface area contributed by atoms with Crippen LogP contribution >= 0.6 is 0 Å². The first-order valence-corrected chi connectivity index (χ1v) is 17.4. The minimum atomic E-state index is -0.440. The molecule has 0 unspecified atom stereocenters. The van der Waals surface area contributed by atoms with Gasteiger partial charge in [-0.25, -0.2) is 15.0 Å². The molecule has 51 heavy (non-hydrogen) atoms. The number of rotatable bonds is 3. The van der Waals surface area contributed by atoms with E-state index in [0.717, 1.165) is 27.5 Å². The Balaban J connectivity index is 1.16. The SMILES string of the molecule is c1ccc2c(c1)-c1ccccc1C21c2ccccc2-c2ccc(-c3nc(-c4ccc5ccccc5c4)nc(-c4ccc5ccccc5c4)n3)cc21. The largest absolute Gasteiger partial charge is 0.208 e. The van der Waals surface area contributed by atoms with E-state index in [9.17, 15) is 0 Å². The zero-order valence-corrected chi connectivity index (χ0v) is 27.6. The van der Waals surface area contributed by atoms with Crippen molar-refractivity contribution < 1.29 is 0 Å². The molecule has 0 saturated carbocycles. The van der Waals surface area contributed by atoms with Crippen molar-refractivity contribution in [3.8, 4) is 56.4 Å². The van der Waals surface area contributed by atoms with E-state index < -0.39 is 5.41 Å². The van der Waals surface area contributed by atoms with E-state index in [2.05, 4.69) is 176 Å². The lowest BCUT2D eigenvalue weighted by atomic mass is 9.70. The van der Waals surface area contributed by atoms with Gasteiger partial charge in [0.1, 0.15) is 0 Å². The highest BCUT2D eigenvalue weighted by Crippen LogP contribution is 2.62. The Morgan fingerprint density at radius 3 is 1.10 bits per heavy atom. The highest BCUT2D eigenvalue weighted by Gasteiger charge is 2.51. The van der Waals surface area contributed by atoms with Crippen molar-refractivity contribution >= 4 is 21.5 Å². The topological polar surface area (TPSA) is 38.7 Å². The quantitative estimate of drug-likeness (QED) is 0.192. The summed E-state index contributed by atoms with van der Waals surface area (Å²) in [6, 6.07) is 63.3. The summed E-state index contributed by atoms with van der Waals surface area (Å²) in [6.45, 7) is 0. The lowest BCUT2D eigenvalue weighted by Crippen LogP contribution is -2.25. The van der Waals surface area contributed by atoms with Crippen molar-refractivity contribution in [1.29, 1.82) is 0 Å². The van der Waals surface area contributed by atoms with Crippen LogP contribution in [0.1, 0.15) is 22.3 Å². The van der Waals surface area contributed by atoms with Gasteiger partial charge in [-0.05, 0) is 84.3 Å². The summed E-state index contributed by atoms with van der Waals surface area (Å²) in [7, 11) is 0. The van der Waals surface area contributed by atoms with E-state index in [0.29, 0.717) is 17.5 Å². The third kappa shape index (κ3) is 4.03. The van der Waals surface area contributed by atoms with Gasteiger partial charge < -0.3 is 0 Å². The zero-order valence-electron chi connectivity index (χ0n) is 27.6. The third-order valence-electron chi connectivity index (χ3n) is 10.9. The molecule has 0 amide bonds. The number of hydrogen-bond acceptors (Lipinski definition) is 3. The van der Waals surface area contributed by atoms with Gasteiger partial charge >= 0.3 is 0 Å². The first-order chi connectivity index (χ1) is 25.3. The van der Waals surface area contributed by atoms with Gasteiger partial charge in [-0.2, -0.15) is 0 Å². The summed E-state index contributed by atoms with van der Waals surface area (Å²) in [4.78, 5) is 15.6. The molecular formula is C48H29N3. The number of benzene rings is 8. The molecule has 2 aliphatic rings. The average Bonchev–Trinajstić information content (AvgIpc) is 3.67. The minimum absolute atomic E-state index is 0.440. The van der Waals surface area contributed by atoms with Gasteiger partial charge in [0.05, 0.1) is 5.41 Å². The van der Waals surface area contributed by atoms with Crippen molar-refractivity contribution in [3.63, 3.8) is 0 Å². The summed E-state index contributed by atoms with van der Waals surface area (Å²) in [6.07, 6.45) is 0. The number of nitrogens with zero attached hydrogens (tertiary/aromatic N) is 3. The summed E-state index contributed by atoms with van der Waals surface area (Å²) in [5, 5.41) is 4.68. The summed E-state index contributed by atoms with van der Waals surface area (Å²) >= 11 is 0. The van der Waals surface area contributed by atoms with E-state index in [-0.39, 0.29) is 0 Å². The van der Waals surface area contributed by atoms with Gasteiger partial charge in [-0.1, -0.05) is 158 Å². The molecule has 0 fully saturated rings. The Bertz CT molecular complexity index is 2730. The Morgan fingerprint density at radius 1 is 0.275 bits per heavy atom. The molecule has 236 valence electrons. The molecule has 0 bridgehead atoms. The van der Waals surface area contributed by atoms with E-state index in [4.69, 9.17) is 15.0 Å². The third-order valence-corrected chi connectivity index (χ3v) is 10.9. The predicted molar refractivity (Wildman–Crippen MR) is 207 cm³/mol. The molecule has 0 radical (unpaired) electrons. The lowest BCUT2D eigenvalue weighted by Gasteiger charge is -2.30. The second-order valence-corrected chi connectivity index (χ2v) is 13.6. The van der Waals surface area contributed by atoms with Gasteiger partial charge in [0.25, 0.3) is 0 Å². The van der Waals surface area contributed by atoms with Crippen molar-refractivity contribution in [2.45, 2.75) is 5.41 Å². The fourth-order valence-corrected chi connectivity index (χ4v) is 8.65. The van der Waals surface area contributed by atoms with E-state index in [1.807, 2.05) is 0 Å². The van der Waals surface area contributed by atoms with Crippen LogP contribution in [0.25, 0.3) is 78.0 Å². The molecule has 2 aliphatic carbocycles. The molecule has 3 heteroatoms.